The van der Waals surface area contributed by atoms with Crippen LogP contribution in [0.3, 0.4) is 0 Å². The number of carbonyl (C=O) groups is 3. The zero-order valence-corrected chi connectivity index (χ0v) is 16.6. The topological polar surface area (TPSA) is 78.5 Å². The van der Waals surface area contributed by atoms with Gasteiger partial charge in [-0.25, -0.2) is 4.79 Å². The van der Waals surface area contributed by atoms with Crippen LogP contribution in [0.5, 0.6) is 0 Å². The number of rotatable bonds is 4. The van der Waals surface area contributed by atoms with Crippen LogP contribution in [-0.4, -0.2) is 34.8 Å². The van der Waals surface area contributed by atoms with E-state index in [1.54, 1.807) is 0 Å². The van der Waals surface area contributed by atoms with Crippen molar-refractivity contribution in [2.75, 3.05) is 6.54 Å². The lowest BCUT2D eigenvalue weighted by Gasteiger charge is -2.36. The predicted molar refractivity (Wildman–Crippen MR) is 103 cm³/mol. The molecule has 3 rings (SSSR count). The minimum Gasteiger partial charge on any atom is -0.348 e. The Morgan fingerprint density at radius 3 is 2.70 bits per heavy atom. The summed E-state index contributed by atoms with van der Waals surface area (Å²) in [6, 6.07) is 5.41. The van der Waals surface area contributed by atoms with Gasteiger partial charge in [-0.15, -0.1) is 0 Å². The fraction of sp³-hybridized carbons (Fsp3) is 0.571. The Labute approximate surface area is 160 Å². The number of nitrogens with one attached hydrogen (secondary N) is 2. The molecule has 1 spiro atoms. The lowest BCUT2D eigenvalue weighted by Crippen LogP contribution is -2.54. The second-order valence-corrected chi connectivity index (χ2v) is 8.07. The maximum Gasteiger partial charge on any atom is 0.325 e. The molecule has 1 aromatic rings. The lowest BCUT2D eigenvalue weighted by atomic mass is 9.73. The Hall–Kier alpha value is -2.37. The predicted octanol–water partition coefficient (Wildman–Crippen LogP) is 2.98. The molecule has 0 unspecified atom stereocenters. The van der Waals surface area contributed by atoms with Gasteiger partial charge >= 0.3 is 6.03 Å². The highest BCUT2D eigenvalue weighted by Crippen LogP contribution is 2.38. The summed E-state index contributed by atoms with van der Waals surface area (Å²) in [5.74, 6) is -0.497. The van der Waals surface area contributed by atoms with E-state index in [1.807, 2.05) is 45.9 Å². The Morgan fingerprint density at radius 1 is 1.30 bits per heavy atom. The Balaban J connectivity index is 1.66. The van der Waals surface area contributed by atoms with E-state index in [-0.39, 0.29) is 30.3 Å². The Kier molecular flexibility index (Phi) is 5.27. The van der Waals surface area contributed by atoms with Crippen molar-refractivity contribution in [1.82, 2.24) is 15.5 Å². The van der Waals surface area contributed by atoms with E-state index in [9.17, 15) is 14.4 Å². The van der Waals surface area contributed by atoms with Gasteiger partial charge in [-0.3, -0.25) is 14.5 Å². The molecule has 0 bridgehead atoms. The molecule has 2 N–H and O–H groups in total. The summed E-state index contributed by atoms with van der Waals surface area (Å²) in [6.07, 6.45) is 3.55. The first-order chi connectivity index (χ1) is 12.7. The molecule has 2 fully saturated rings. The quantitative estimate of drug-likeness (QED) is 0.799. The molecule has 6 nitrogen and oxygen atoms in total. The molecule has 6 heteroatoms. The smallest absolute Gasteiger partial charge is 0.325 e. The largest absolute Gasteiger partial charge is 0.348 e. The zero-order chi connectivity index (χ0) is 19.8. The van der Waals surface area contributed by atoms with E-state index >= 15 is 0 Å². The molecule has 1 aliphatic carbocycles. The van der Waals surface area contributed by atoms with Crippen molar-refractivity contribution >= 4 is 17.8 Å². The van der Waals surface area contributed by atoms with Crippen LogP contribution in [0.4, 0.5) is 4.79 Å². The Bertz CT molecular complexity index is 776. The summed E-state index contributed by atoms with van der Waals surface area (Å²) >= 11 is 0. The van der Waals surface area contributed by atoms with Gasteiger partial charge in [0.25, 0.3) is 5.91 Å². The zero-order valence-electron chi connectivity index (χ0n) is 16.6. The second kappa shape index (κ2) is 7.33. The molecule has 2 aliphatic rings. The Morgan fingerprint density at radius 2 is 2.04 bits per heavy atom. The van der Waals surface area contributed by atoms with Gasteiger partial charge in [0.05, 0.1) is 6.04 Å². The van der Waals surface area contributed by atoms with E-state index in [0.717, 1.165) is 35.3 Å². The number of aryl methyl sites for hydroxylation is 2. The molecule has 1 saturated carbocycles. The summed E-state index contributed by atoms with van der Waals surface area (Å²) < 4.78 is 0. The molecule has 0 aromatic heterocycles. The van der Waals surface area contributed by atoms with Crippen LogP contribution >= 0.6 is 0 Å². The lowest BCUT2D eigenvalue weighted by molar-refractivity contribution is -0.137. The van der Waals surface area contributed by atoms with Crippen molar-refractivity contribution in [3.63, 3.8) is 0 Å². The number of hydrogen-bond acceptors (Lipinski definition) is 3. The number of benzene rings is 1. The average Bonchev–Trinajstić information content (AvgIpc) is 2.85. The van der Waals surface area contributed by atoms with Gasteiger partial charge in [0.15, 0.2) is 0 Å². The standard InChI is InChI=1S/C21H29N3O3/c1-13-8-9-17(11-14(13)2)16(4)22-18(25)12-24-19(26)21(23-20(24)27)10-6-5-7-15(21)3/h8-9,11,15-16H,5-7,10,12H2,1-4H3,(H,22,25)(H,23,27)/t15-,16-,21+/m0/s1. The monoisotopic (exact) mass is 371 g/mol. The average molecular weight is 371 g/mol. The maximum absolute atomic E-state index is 12.9. The van der Waals surface area contributed by atoms with Gasteiger partial charge in [-0.2, -0.15) is 0 Å². The second-order valence-electron chi connectivity index (χ2n) is 8.07. The van der Waals surface area contributed by atoms with E-state index in [4.69, 9.17) is 0 Å². The summed E-state index contributed by atoms with van der Waals surface area (Å²) in [6.45, 7) is 7.74. The fourth-order valence-electron chi connectivity index (χ4n) is 4.19. The van der Waals surface area contributed by atoms with Gasteiger partial charge in [0, 0.05) is 0 Å². The van der Waals surface area contributed by atoms with E-state index in [2.05, 4.69) is 10.6 Å². The van der Waals surface area contributed by atoms with E-state index in [1.165, 1.54) is 5.56 Å². The third-order valence-electron chi connectivity index (χ3n) is 6.21. The van der Waals surface area contributed by atoms with Crippen LogP contribution in [0.2, 0.25) is 0 Å². The van der Waals surface area contributed by atoms with Gasteiger partial charge in [0.1, 0.15) is 12.1 Å². The molecule has 1 aromatic carbocycles. The SMILES string of the molecule is Cc1ccc([C@H](C)NC(=O)CN2C(=O)N[C@@]3(CCCC[C@@H]3C)C2=O)cc1C. The van der Waals surface area contributed by atoms with Crippen molar-refractivity contribution in [1.29, 1.82) is 0 Å². The molecule has 3 atom stereocenters. The fourth-order valence-corrected chi connectivity index (χ4v) is 4.19. The normalized spacial score (nSPS) is 26.2. The van der Waals surface area contributed by atoms with Crippen molar-refractivity contribution in [3.8, 4) is 0 Å². The summed E-state index contributed by atoms with van der Waals surface area (Å²) in [4.78, 5) is 38.9. The van der Waals surface area contributed by atoms with Crippen LogP contribution in [-0.2, 0) is 9.59 Å². The van der Waals surface area contributed by atoms with Crippen LogP contribution in [0.15, 0.2) is 18.2 Å². The van der Waals surface area contributed by atoms with Crippen molar-refractivity contribution in [2.45, 2.75) is 65.0 Å². The molecule has 0 radical (unpaired) electrons. The van der Waals surface area contributed by atoms with Gasteiger partial charge < -0.3 is 10.6 Å². The minimum atomic E-state index is -0.824. The van der Waals surface area contributed by atoms with Crippen LogP contribution < -0.4 is 10.6 Å². The van der Waals surface area contributed by atoms with Crippen molar-refractivity contribution < 1.29 is 14.4 Å². The third kappa shape index (κ3) is 3.57. The highest BCUT2D eigenvalue weighted by atomic mass is 16.2. The third-order valence-corrected chi connectivity index (χ3v) is 6.21. The van der Waals surface area contributed by atoms with Crippen LogP contribution in [0.1, 0.15) is 62.3 Å². The first-order valence-corrected chi connectivity index (χ1v) is 9.75. The number of imide groups is 1. The summed E-state index contributed by atoms with van der Waals surface area (Å²) in [7, 11) is 0. The summed E-state index contributed by atoms with van der Waals surface area (Å²) in [5.41, 5.74) is 2.54. The summed E-state index contributed by atoms with van der Waals surface area (Å²) in [5, 5.41) is 5.78. The van der Waals surface area contributed by atoms with Gasteiger partial charge in [-0.1, -0.05) is 38.0 Å². The maximum atomic E-state index is 12.9. The van der Waals surface area contributed by atoms with Gasteiger partial charge in [-0.05, 0) is 56.2 Å². The van der Waals surface area contributed by atoms with Crippen molar-refractivity contribution in [3.05, 3.63) is 34.9 Å². The molecule has 27 heavy (non-hydrogen) atoms. The van der Waals surface area contributed by atoms with Crippen LogP contribution in [0.25, 0.3) is 0 Å². The molecule has 1 saturated heterocycles. The highest BCUT2D eigenvalue weighted by molar-refractivity contribution is 6.09. The van der Waals surface area contributed by atoms with Crippen molar-refractivity contribution in [2.24, 2.45) is 5.92 Å². The number of carbonyl (C=O) groups excluding carboxylic acids is 3. The molecular formula is C21H29N3O3. The van der Waals surface area contributed by atoms with E-state index in [0.29, 0.717) is 6.42 Å². The minimum absolute atomic E-state index is 0.0882. The molecule has 146 valence electrons. The molecule has 4 amide bonds. The van der Waals surface area contributed by atoms with Gasteiger partial charge in [0.2, 0.25) is 5.91 Å². The number of hydrogen-bond donors (Lipinski definition) is 2. The van der Waals surface area contributed by atoms with Crippen LogP contribution in [0, 0.1) is 19.8 Å². The molecular weight excluding hydrogens is 342 g/mol. The van der Waals surface area contributed by atoms with E-state index < -0.39 is 11.6 Å². The number of urea groups is 1. The first-order valence-electron chi connectivity index (χ1n) is 9.75. The molecule has 1 heterocycles. The first kappa shape index (κ1) is 19.4. The number of amides is 4. The highest BCUT2D eigenvalue weighted by Gasteiger charge is 2.55. The molecule has 1 aliphatic heterocycles. The number of nitrogens with zero attached hydrogens (tertiary/aromatic N) is 1.